The Bertz CT molecular complexity index is 1040. The van der Waals surface area contributed by atoms with E-state index < -0.39 is 5.97 Å². The van der Waals surface area contributed by atoms with E-state index in [0.29, 0.717) is 27.7 Å². The Morgan fingerprint density at radius 3 is 2.61 bits per heavy atom. The molecule has 0 aliphatic carbocycles. The molecule has 0 aliphatic heterocycles. The fourth-order valence-electron chi connectivity index (χ4n) is 2.34. The van der Waals surface area contributed by atoms with Crippen molar-refractivity contribution in [3.05, 3.63) is 80.1 Å². The summed E-state index contributed by atoms with van der Waals surface area (Å²) in [6.45, 7) is 0. The number of methoxy groups -OCH3 is 1. The lowest BCUT2D eigenvalue weighted by molar-refractivity contribution is 0.0601. The SMILES string of the molecule is COC(=O)c1cc(-c2ccc(/C=N\NC(=O)c3ccc(I)cc3)o2)ccc1Cl. The number of hydrazone groups is 1. The number of furan rings is 1. The van der Waals surface area contributed by atoms with Gasteiger partial charge >= 0.3 is 5.97 Å². The largest absolute Gasteiger partial charge is 0.465 e. The number of ether oxygens (including phenoxy) is 1. The van der Waals surface area contributed by atoms with E-state index in [4.69, 9.17) is 20.8 Å². The van der Waals surface area contributed by atoms with Crippen LogP contribution in [0.5, 0.6) is 0 Å². The second kappa shape index (κ2) is 9.03. The van der Waals surface area contributed by atoms with Gasteiger partial charge in [0.05, 0.1) is 23.9 Å². The summed E-state index contributed by atoms with van der Waals surface area (Å²) in [6, 6.07) is 15.5. The molecule has 0 radical (unpaired) electrons. The molecule has 0 spiro atoms. The van der Waals surface area contributed by atoms with Gasteiger partial charge in [-0.2, -0.15) is 5.10 Å². The van der Waals surface area contributed by atoms with Gasteiger partial charge in [-0.1, -0.05) is 11.6 Å². The molecule has 28 heavy (non-hydrogen) atoms. The van der Waals surface area contributed by atoms with E-state index in [2.05, 4.69) is 33.1 Å². The van der Waals surface area contributed by atoms with Crippen LogP contribution in [-0.2, 0) is 4.74 Å². The van der Waals surface area contributed by atoms with Crippen LogP contribution < -0.4 is 5.43 Å². The molecule has 142 valence electrons. The molecule has 0 saturated carbocycles. The van der Waals surface area contributed by atoms with Crippen LogP contribution in [0.3, 0.4) is 0 Å². The molecule has 1 amide bonds. The highest BCUT2D eigenvalue weighted by Gasteiger charge is 2.13. The number of nitrogens with zero attached hydrogens (tertiary/aromatic N) is 1. The molecule has 0 aliphatic rings. The predicted molar refractivity (Wildman–Crippen MR) is 115 cm³/mol. The highest BCUT2D eigenvalue weighted by Crippen LogP contribution is 2.27. The third kappa shape index (κ3) is 4.79. The Morgan fingerprint density at radius 1 is 1.14 bits per heavy atom. The highest BCUT2D eigenvalue weighted by molar-refractivity contribution is 14.1. The van der Waals surface area contributed by atoms with E-state index in [-0.39, 0.29) is 11.5 Å². The monoisotopic (exact) mass is 508 g/mol. The molecule has 8 heteroatoms. The standard InChI is InChI=1S/C20H14ClIN2O4/c1-27-20(26)16-10-13(4-8-17(16)21)18-9-7-15(28-18)11-23-24-19(25)12-2-5-14(22)6-3-12/h2-11H,1H3,(H,24,25)/b23-11-. The Balaban J connectivity index is 1.70. The lowest BCUT2D eigenvalue weighted by Crippen LogP contribution is -2.17. The summed E-state index contributed by atoms with van der Waals surface area (Å²) >= 11 is 8.19. The first-order valence-corrected chi connectivity index (χ1v) is 9.50. The van der Waals surface area contributed by atoms with E-state index in [1.165, 1.54) is 13.3 Å². The molecule has 0 fully saturated rings. The Kier molecular flexibility index (Phi) is 6.48. The summed E-state index contributed by atoms with van der Waals surface area (Å²) < 4.78 is 11.4. The van der Waals surface area contributed by atoms with Crippen LogP contribution in [0.2, 0.25) is 5.02 Å². The van der Waals surface area contributed by atoms with Crippen molar-refractivity contribution in [3.8, 4) is 11.3 Å². The van der Waals surface area contributed by atoms with E-state index in [9.17, 15) is 9.59 Å². The molecule has 0 saturated heterocycles. The van der Waals surface area contributed by atoms with Gasteiger partial charge in [-0.15, -0.1) is 0 Å². The maximum absolute atomic E-state index is 12.0. The maximum Gasteiger partial charge on any atom is 0.339 e. The topological polar surface area (TPSA) is 80.9 Å². The van der Waals surface area contributed by atoms with Crippen LogP contribution in [0.4, 0.5) is 0 Å². The number of carbonyl (C=O) groups excluding carboxylic acids is 2. The van der Waals surface area contributed by atoms with Crippen LogP contribution in [0.15, 0.2) is 64.1 Å². The Morgan fingerprint density at radius 2 is 1.89 bits per heavy atom. The summed E-state index contributed by atoms with van der Waals surface area (Å²) in [5, 5.41) is 4.20. The van der Waals surface area contributed by atoms with E-state index >= 15 is 0 Å². The van der Waals surface area contributed by atoms with Gasteiger partial charge < -0.3 is 9.15 Å². The maximum atomic E-state index is 12.0. The van der Waals surface area contributed by atoms with Crippen LogP contribution in [0, 0.1) is 3.57 Å². The van der Waals surface area contributed by atoms with Crippen molar-refractivity contribution >= 4 is 52.3 Å². The molecule has 3 rings (SSSR count). The van der Waals surface area contributed by atoms with Crippen molar-refractivity contribution in [2.75, 3.05) is 7.11 Å². The lowest BCUT2D eigenvalue weighted by Gasteiger charge is -2.04. The highest BCUT2D eigenvalue weighted by atomic mass is 127. The number of benzene rings is 2. The number of carbonyl (C=O) groups is 2. The summed E-state index contributed by atoms with van der Waals surface area (Å²) in [4.78, 5) is 23.8. The van der Waals surface area contributed by atoms with Gasteiger partial charge in [0.25, 0.3) is 5.91 Å². The summed E-state index contributed by atoms with van der Waals surface area (Å²) in [7, 11) is 1.29. The molecule has 2 aromatic carbocycles. The summed E-state index contributed by atoms with van der Waals surface area (Å²) in [6.07, 6.45) is 1.39. The molecule has 3 aromatic rings. The first-order valence-electron chi connectivity index (χ1n) is 8.05. The molecular formula is C20H14ClIN2O4. The normalized spacial score (nSPS) is 10.8. The molecule has 0 atom stereocenters. The average molecular weight is 509 g/mol. The van der Waals surface area contributed by atoms with E-state index in [1.54, 1.807) is 42.5 Å². The number of amides is 1. The van der Waals surface area contributed by atoms with E-state index in [1.807, 2.05) is 12.1 Å². The fraction of sp³-hybridized carbons (Fsp3) is 0.0500. The van der Waals surface area contributed by atoms with Crippen LogP contribution in [-0.4, -0.2) is 25.2 Å². The fourth-order valence-corrected chi connectivity index (χ4v) is 2.90. The average Bonchev–Trinajstić information content (AvgIpc) is 3.17. The van der Waals surface area contributed by atoms with Crippen molar-refractivity contribution < 1.29 is 18.7 Å². The van der Waals surface area contributed by atoms with Crippen LogP contribution in [0.1, 0.15) is 26.5 Å². The number of hydrogen-bond donors (Lipinski definition) is 1. The molecule has 1 heterocycles. The molecule has 0 unspecified atom stereocenters. The van der Waals surface area contributed by atoms with E-state index in [0.717, 1.165) is 3.57 Å². The number of rotatable bonds is 5. The zero-order valence-corrected chi connectivity index (χ0v) is 17.5. The van der Waals surface area contributed by atoms with Gasteiger partial charge in [-0.25, -0.2) is 10.2 Å². The van der Waals surface area contributed by atoms with Gasteiger partial charge in [0.2, 0.25) is 0 Å². The van der Waals surface area contributed by atoms with Gasteiger partial charge in [-0.05, 0) is 77.2 Å². The van der Waals surface area contributed by atoms with Gasteiger partial charge in [0.1, 0.15) is 11.5 Å². The minimum Gasteiger partial charge on any atom is -0.465 e. The smallest absolute Gasteiger partial charge is 0.339 e. The number of esters is 1. The van der Waals surface area contributed by atoms with Crippen LogP contribution >= 0.6 is 34.2 Å². The summed E-state index contributed by atoms with van der Waals surface area (Å²) in [5.74, 6) is 0.109. The zero-order chi connectivity index (χ0) is 20.1. The zero-order valence-electron chi connectivity index (χ0n) is 14.6. The first-order chi connectivity index (χ1) is 13.5. The molecule has 0 bridgehead atoms. The van der Waals surface area contributed by atoms with Crippen molar-refractivity contribution in [3.63, 3.8) is 0 Å². The van der Waals surface area contributed by atoms with Gasteiger partial charge in [-0.3, -0.25) is 4.79 Å². The Hall–Kier alpha value is -2.65. The first kappa shape index (κ1) is 20.1. The second-order valence-corrected chi connectivity index (χ2v) is 7.25. The summed E-state index contributed by atoms with van der Waals surface area (Å²) in [5.41, 5.74) is 3.86. The van der Waals surface area contributed by atoms with Crippen molar-refractivity contribution in [2.45, 2.75) is 0 Å². The molecular weight excluding hydrogens is 495 g/mol. The van der Waals surface area contributed by atoms with Crippen molar-refractivity contribution in [1.82, 2.24) is 5.43 Å². The Labute approximate surface area is 179 Å². The molecule has 6 nitrogen and oxygen atoms in total. The lowest BCUT2D eigenvalue weighted by atomic mass is 10.1. The third-order valence-corrected chi connectivity index (χ3v) is 4.80. The molecule has 1 aromatic heterocycles. The van der Waals surface area contributed by atoms with Crippen molar-refractivity contribution in [1.29, 1.82) is 0 Å². The molecule has 1 N–H and O–H groups in total. The number of hydrogen-bond acceptors (Lipinski definition) is 5. The number of halogens is 2. The second-order valence-electron chi connectivity index (χ2n) is 5.59. The third-order valence-electron chi connectivity index (χ3n) is 3.75. The van der Waals surface area contributed by atoms with Crippen molar-refractivity contribution in [2.24, 2.45) is 5.10 Å². The van der Waals surface area contributed by atoms with Crippen LogP contribution in [0.25, 0.3) is 11.3 Å². The van der Waals surface area contributed by atoms with Gasteiger partial charge in [0.15, 0.2) is 0 Å². The van der Waals surface area contributed by atoms with Gasteiger partial charge in [0, 0.05) is 14.7 Å². The number of nitrogens with one attached hydrogen (secondary N) is 1. The quantitative estimate of drug-likeness (QED) is 0.233. The predicted octanol–water partition coefficient (Wildman–Crippen LogP) is 4.76. The minimum atomic E-state index is -0.529. The minimum absolute atomic E-state index is 0.248.